The number of fused-ring (bicyclic) bond motifs is 1. The first-order valence-corrected chi connectivity index (χ1v) is 12.0. The van der Waals surface area contributed by atoms with E-state index in [1.165, 1.54) is 12.1 Å². The van der Waals surface area contributed by atoms with Gasteiger partial charge in [-0.3, -0.25) is 0 Å². The van der Waals surface area contributed by atoms with Gasteiger partial charge in [0.1, 0.15) is 34.7 Å². The van der Waals surface area contributed by atoms with Crippen molar-refractivity contribution in [1.29, 1.82) is 0 Å². The molecule has 5 nitrogen and oxygen atoms in total. The van der Waals surface area contributed by atoms with Crippen LogP contribution < -0.4 is 10.1 Å². The second kappa shape index (κ2) is 9.61. The third-order valence-corrected chi connectivity index (χ3v) is 6.90. The zero-order valence-corrected chi connectivity index (χ0v) is 19.3. The van der Waals surface area contributed by atoms with Crippen LogP contribution in [0.1, 0.15) is 48.3 Å². The zero-order valence-electron chi connectivity index (χ0n) is 18.5. The largest absolute Gasteiger partial charge is 0.616 e. The molecule has 0 amide bonds. The van der Waals surface area contributed by atoms with E-state index in [2.05, 4.69) is 15.3 Å². The quantitative estimate of drug-likeness (QED) is 0.461. The van der Waals surface area contributed by atoms with Gasteiger partial charge in [0.2, 0.25) is 0 Å². The molecule has 1 aliphatic heterocycles. The van der Waals surface area contributed by atoms with Crippen LogP contribution in [-0.2, 0) is 11.2 Å². The average Bonchev–Trinajstić information content (AvgIpc) is 2.78. The molecule has 9 heteroatoms. The molecule has 0 bridgehead atoms. The number of benzene rings is 2. The van der Waals surface area contributed by atoms with Crippen LogP contribution in [0.3, 0.4) is 0 Å². The van der Waals surface area contributed by atoms with Gasteiger partial charge in [-0.2, -0.15) is 0 Å². The van der Waals surface area contributed by atoms with Gasteiger partial charge in [-0.25, -0.2) is 23.1 Å². The number of ether oxygens (including phenoxy) is 1. The second-order valence-corrected chi connectivity index (χ2v) is 9.52. The van der Waals surface area contributed by atoms with Crippen molar-refractivity contribution in [2.24, 2.45) is 0 Å². The number of aryl methyl sites for hydroxylation is 1. The van der Waals surface area contributed by atoms with Gasteiger partial charge in [-0.1, -0.05) is 18.2 Å². The highest BCUT2D eigenvalue weighted by Crippen LogP contribution is 2.37. The highest BCUT2D eigenvalue weighted by molar-refractivity contribution is 7.91. The summed E-state index contributed by atoms with van der Waals surface area (Å²) < 4.78 is 58.4. The Kier molecular flexibility index (Phi) is 6.81. The van der Waals surface area contributed by atoms with Crippen molar-refractivity contribution in [3.05, 3.63) is 64.7 Å². The SMILES string of the molecule is COc1cc2nc(C)nc(NC(C)c3cccc(C(F)F)c3F)c2cc1C1=CC[S+]([O-])CC1. The minimum atomic E-state index is -2.90. The summed E-state index contributed by atoms with van der Waals surface area (Å²) in [7, 11) is 1.58. The van der Waals surface area contributed by atoms with Gasteiger partial charge in [-0.05, 0) is 42.7 Å². The Labute approximate surface area is 193 Å². The number of nitrogens with zero attached hydrogens (tertiary/aromatic N) is 2. The van der Waals surface area contributed by atoms with Crippen molar-refractivity contribution >= 4 is 33.5 Å². The first-order valence-electron chi connectivity index (χ1n) is 10.5. The predicted octanol–water partition coefficient (Wildman–Crippen LogP) is 5.73. The Morgan fingerprint density at radius 3 is 2.61 bits per heavy atom. The lowest BCUT2D eigenvalue weighted by molar-refractivity contribution is 0.146. The maximum atomic E-state index is 14.7. The summed E-state index contributed by atoms with van der Waals surface area (Å²) >= 11 is -0.858. The normalized spacial score (nSPS) is 17.2. The summed E-state index contributed by atoms with van der Waals surface area (Å²) in [6.07, 6.45) is -0.280. The van der Waals surface area contributed by atoms with Crippen LogP contribution >= 0.6 is 0 Å². The first kappa shape index (κ1) is 23.4. The molecule has 0 fully saturated rings. The van der Waals surface area contributed by atoms with Gasteiger partial charge in [0.15, 0.2) is 0 Å². The zero-order chi connectivity index (χ0) is 23.7. The number of alkyl halides is 2. The van der Waals surface area contributed by atoms with Gasteiger partial charge < -0.3 is 14.6 Å². The highest BCUT2D eigenvalue weighted by Gasteiger charge is 2.22. The molecule has 0 saturated carbocycles. The Hall–Kier alpha value is -2.78. The molecule has 4 rings (SSSR count). The van der Waals surface area contributed by atoms with Crippen LogP contribution in [-0.4, -0.2) is 33.1 Å². The molecular weight excluding hydrogens is 451 g/mol. The smallest absolute Gasteiger partial charge is 0.266 e. The molecule has 2 atom stereocenters. The number of allylic oxidation sites excluding steroid dienone is 1. The van der Waals surface area contributed by atoms with Crippen LogP contribution in [0.15, 0.2) is 36.4 Å². The Balaban J connectivity index is 1.78. The lowest BCUT2D eigenvalue weighted by atomic mass is 9.99. The van der Waals surface area contributed by atoms with E-state index in [0.717, 1.165) is 17.2 Å². The molecule has 0 aliphatic carbocycles. The van der Waals surface area contributed by atoms with Crippen molar-refractivity contribution in [3.63, 3.8) is 0 Å². The Morgan fingerprint density at radius 1 is 1.18 bits per heavy atom. The summed E-state index contributed by atoms with van der Waals surface area (Å²) in [4.78, 5) is 9.01. The lowest BCUT2D eigenvalue weighted by Crippen LogP contribution is -2.15. The second-order valence-electron chi connectivity index (χ2n) is 7.90. The van der Waals surface area contributed by atoms with E-state index in [9.17, 15) is 17.7 Å². The van der Waals surface area contributed by atoms with Gasteiger partial charge in [0.05, 0.1) is 24.2 Å². The van der Waals surface area contributed by atoms with Gasteiger partial charge in [0.25, 0.3) is 6.43 Å². The molecule has 2 unspecified atom stereocenters. The molecule has 0 spiro atoms. The molecule has 3 aromatic rings. The predicted molar refractivity (Wildman–Crippen MR) is 125 cm³/mol. The standard InChI is InChI=1S/C24H24F3N3O2S/c1-13(16-5-4-6-17(22(16)25)23(26)27)28-24-19-11-18(15-7-9-33(31)10-8-15)21(32-3)12-20(19)29-14(2)30-24/h4-7,11-13,23H,8-10H2,1-3H3,(H,28,29,30). The van der Waals surface area contributed by atoms with Gasteiger partial charge in [0, 0.05) is 29.0 Å². The summed E-state index contributed by atoms with van der Waals surface area (Å²) in [6, 6.07) is 7.10. The molecule has 0 radical (unpaired) electrons. The number of anilines is 1. The molecule has 2 heterocycles. The van der Waals surface area contributed by atoms with E-state index >= 15 is 0 Å². The van der Waals surface area contributed by atoms with E-state index in [1.807, 2.05) is 18.2 Å². The Morgan fingerprint density at radius 2 is 1.94 bits per heavy atom. The van der Waals surface area contributed by atoms with E-state index in [1.54, 1.807) is 21.0 Å². The minimum absolute atomic E-state index is 0.128. The molecular formula is C24H24F3N3O2S. The highest BCUT2D eigenvalue weighted by atomic mass is 32.2. The van der Waals surface area contributed by atoms with Crippen molar-refractivity contribution in [2.45, 2.75) is 32.7 Å². The van der Waals surface area contributed by atoms with E-state index in [4.69, 9.17) is 4.74 Å². The minimum Gasteiger partial charge on any atom is -0.616 e. The number of methoxy groups -OCH3 is 1. The monoisotopic (exact) mass is 475 g/mol. The molecule has 1 N–H and O–H groups in total. The van der Waals surface area contributed by atoms with Crippen LogP contribution in [0.25, 0.3) is 16.5 Å². The summed E-state index contributed by atoms with van der Waals surface area (Å²) in [5, 5.41) is 3.87. The lowest BCUT2D eigenvalue weighted by Gasteiger charge is -2.21. The summed E-state index contributed by atoms with van der Waals surface area (Å²) in [5.74, 6) is 1.76. The molecule has 1 aliphatic rings. The number of rotatable bonds is 6. The fourth-order valence-corrected chi connectivity index (χ4v) is 5.01. The number of hydrogen-bond donors (Lipinski definition) is 1. The van der Waals surface area contributed by atoms with Crippen molar-refractivity contribution in [2.75, 3.05) is 23.9 Å². The van der Waals surface area contributed by atoms with Crippen molar-refractivity contribution in [3.8, 4) is 5.75 Å². The average molecular weight is 476 g/mol. The fraction of sp³-hybridized carbons (Fsp3) is 0.333. The number of nitrogens with one attached hydrogen (secondary N) is 1. The van der Waals surface area contributed by atoms with E-state index in [-0.39, 0.29) is 5.56 Å². The number of aromatic nitrogens is 2. The Bertz CT molecular complexity index is 1220. The third kappa shape index (κ3) is 4.79. The van der Waals surface area contributed by atoms with Gasteiger partial charge in [-0.15, -0.1) is 0 Å². The van der Waals surface area contributed by atoms with Crippen LogP contribution in [0.2, 0.25) is 0 Å². The van der Waals surface area contributed by atoms with E-state index in [0.29, 0.717) is 46.2 Å². The molecule has 174 valence electrons. The van der Waals surface area contributed by atoms with Crippen molar-refractivity contribution in [1.82, 2.24) is 9.97 Å². The van der Waals surface area contributed by atoms with Crippen LogP contribution in [0.4, 0.5) is 19.0 Å². The summed E-state index contributed by atoms with van der Waals surface area (Å²) in [5.41, 5.74) is 2.03. The molecule has 0 saturated heterocycles. The van der Waals surface area contributed by atoms with Crippen LogP contribution in [0, 0.1) is 12.7 Å². The first-order chi connectivity index (χ1) is 15.8. The third-order valence-electron chi connectivity index (χ3n) is 5.70. The number of hydrogen-bond acceptors (Lipinski definition) is 5. The fourth-order valence-electron chi connectivity index (χ4n) is 4.00. The summed E-state index contributed by atoms with van der Waals surface area (Å²) in [6.45, 7) is 3.44. The van der Waals surface area contributed by atoms with Gasteiger partial charge >= 0.3 is 0 Å². The van der Waals surface area contributed by atoms with E-state index < -0.39 is 35.0 Å². The topological polar surface area (TPSA) is 70.1 Å². The van der Waals surface area contributed by atoms with Crippen LogP contribution in [0.5, 0.6) is 5.75 Å². The van der Waals surface area contributed by atoms with Crippen molar-refractivity contribution < 1.29 is 22.5 Å². The maximum Gasteiger partial charge on any atom is 0.266 e. The molecule has 2 aromatic carbocycles. The number of halogens is 3. The maximum absolute atomic E-state index is 14.7. The molecule has 33 heavy (non-hydrogen) atoms. The molecule has 1 aromatic heterocycles.